The van der Waals surface area contributed by atoms with Crippen LogP contribution >= 0.6 is 15.9 Å². The highest BCUT2D eigenvalue weighted by molar-refractivity contribution is 9.10. The molecule has 0 spiro atoms. The van der Waals surface area contributed by atoms with E-state index in [0.717, 1.165) is 12.8 Å². The lowest BCUT2D eigenvalue weighted by atomic mass is 9.97. The lowest BCUT2D eigenvalue weighted by Gasteiger charge is -2.25. The third-order valence-corrected chi connectivity index (χ3v) is 4.71. The number of halogens is 1. The molecular weight excluding hydrogens is 354 g/mol. The van der Waals surface area contributed by atoms with Gasteiger partial charge in [-0.25, -0.2) is 4.79 Å². The molecule has 0 aliphatic heterocycles. The number of carbonyl (C=O) groups is 2. The number of benzene rings is 1. The van der Waals surface area contributed by atoms with Gasteiger partial charge in [-0.2, -0.15) is 0 Å². The minimum Gasteiger partial charge on any atom is -0.495 e. The first kappa shape index (κ1) is 16.6. The Labute approximate surface area is 136 Å². The number of amides is 1. The molecule has 0 heterocycles. The van der Waals surface area contributed by atoms with Crippen molar-refractivity contribution in [1.29, 1.82) is 0 Å². The second-order valence-electron chi connectivity index (χ2n) is 5.24. The van der Waals surface area contributed by atoms with E-state index in [-0.39, 0.29) is 0 Å². The molecule has 1 aromatic carbocycles. The molecular formula is C15H18BrNO5. The maximum Gasteiger partial charge on any atom is 0.329 e. The molecule has 120 valence electrons. The largest absolute Gasteiger partial charge is 0.495 e. The van der Waals surface area contributed by atoms with Crippen molar-refractivity contribution < 1.29 is 24.2 Å². The second-order valence-corrected chi connectivity index (χ2v) is 6.04. The van der Waals surface area contributed by atoms with Crippen molar-refractivity contribution in [2.24, 2.45) is 0 Å². The zero-order chi connectivity index (χ0) is 16.3. The summed E-state index contributed by atoms with van der Waals surface area (Å²) in [6.45, 7) is 0. The number of nitrogens with one attached hydrogen (secondary N) is 1. The Balaban J connectivity index is 2.31. The number of aliphatic carboxylic acids is 1. The highest BCUT2D eigenvalue weighted by Crippen LogP contribution is 2.36. The predicted molar refractivity (Wildman–Crippen MR) is 83.5 cm³/mol. The van der Waals surface area contributed by atoms with Gasteiger partial charge < -0.3 is 19.9 Å². The van der Waals surface area contributed by atoms with Crippen molar-refractivity contribution in [3.8, 4) is 11.5 Å². The van der Waals surface area contributed by atoms with E-state index in [0.29, 0.717) is 34.4 Å². The van der Waals surface area contributed by atoms with Gasteiger partial charge >= 0.3 is 5.97 Å². The summed E-state index contributed by atoms with van der Waals surface area (Å²) in [7, 11) is 2.97. The van der Waals surface area contributed by atoms with Crippen LogP contribution in [0.5, 0.6) is 11.5 Å². The molecule has 22 heavy (non-hydrogen) atoms. The van der Waals surface area contributed by atoms with Crippen molar-refractivity contribution in [3.63, 3.8) is 0 Å². The molecule has 1 amide bonds. The molecule has 0 aromatic heterocycles. The van der Waals surface area contributed by atoms with E-state index in [1.165, 1.54) is 14.2 Å². The maximum absolute atomic E-state index is 12.5. The number of hydrogen-bond acceptors (Lipinski definition) is 4. The normalized spacial score (nSPS) is 16.1. The minimum absolute atomic E-state index is 0.296. The Morgan fingerprint density at radius 2 is 1.68 bits per heavy atom. The fourth-order valence-electron chi connectivity index (χ4n) is 2.66. The number of hydrogen-bond donors (Lipinski definition) is 2. The van der Waals surface area contributed by atoms with Gasteiger partial charge in [0, 0.05) is 5.56 Å². The Morgan fingerprint density at radius 1 is 1.18 bits per heavy atom. The van der Waals surface area contributed by atoms with Gasteiger partial charge in [-0.1, -0.05) is 12.8 Å². The van der Waals surface area contributed by atoms with Gasteiger partial charge in [-0.15, -0.1) is 0 Å². The molecule has 0 radical (unpaired) electrons. The second kappa shape index (κ2) is 6.56. The SMILES string of the molecule is COc1cc(C(=O)NC2(C(=O)O)CCCC2)cc(OC)c1Br. The summed E-state index contributed by atoms with van der Waals surface area (Å²) in [5, 5.41) is 12.1. The van der Waals surface area contributed by atoms with Crippen molar-refractivity contribution in [2.45, 2.75) is 31.2 Å². The average Bonchev–Trinajstić information content (AvgIpc) is 2.97. The number of carboxylic acid groups (broad SMARTS) is 1. The third-order valence-electron chi connectivity index (χ3n) is 3.93. The first-order valence-corrected chi connectivity index (χ1v) is 7.70. The van der Waals surface area contributed by atoms with Crippen LogP contribution in [0.1, 0.15) is 36.0 Å². The smallest absolute Gasteiger partial charge is 0.329 e. The van der Waals surface area contributed by atoms with Gasteiger partial charge in [-0.3, -0.25) is 4.79 Å². The Bertz CT molecular complexity index is 571. The van der Waals surface area contributed by atoms with E-state index in [4.69, 9.17) is 9.47 Å². The molecule has 7 heteroatoms. The van der Waals surface area contributed by atoms with Crippen LogP contribution in [0.15, 0.2) is 16.6 Å². The summed E-state index contributed by atoms with van der Waals surface area (Å²) >= 11 is 3.33. The van der Waals surface area contributed by atoms with Gasteiger partial charge in [-0.05, 0) is 40.9 Å². The number of carbonyl (C=O) groups excluding carboxylic acids is 1. The zero-order valence-electron chi connectivity index (χ0n) is 12.4. The van der Waals surface area contributed by atoms with Crippen LogP contribution < -0.4 is 14.8 Å². The Hall–Kier alpha value is -1.76. The standard InChI is InChI=1S/C15H18BrNO5/c1-21-10-7-9(8-11(22-2)12(10)16)13(18)17-15(14(19)20)5-3-4-6-15/h7-8H,3-6H2,1-2H3,(H,17,18)(H,19,20). The Morgan fingerprint density at radius 3 is 2.09 bits per heavy atom. The number of carboxylic acids is 1. The zero-order valence-corrected chi connectivity index (χ0v) is 14.0. The van der Waals surface area contributed by atoms with Crippen molar-refractivity contribution in [2.75, 3.05) is 14.2 Å². The van der Waals surface area contributed by atoms with E-state index in [2.05, 4.69) is 21.2 Å². The molecule has 1 aromatic rings. The summed E-state index contributed by atoms with van der Waals surface area (Å²) in [5.74, 6) is -0.552. The molecule has 0 saturated heterocycles. The average molecular weight is 372 g/mol. The molecule has 1 fully saturated rings. The van der Waals surface area contributed by atoms with E-state index in [1.54, 1.807) is 12.1 Å². The van der Waals surface area contributed by atoms with Crippen LogP contribution in [0.4, 0.5) is 0 Å². The quantitative estimate of drug-likeness (QED) is 0.830. The molecule has 1 aliphatic carbocycles. The molecule has 6 nitrogen and oxygen atoms in total. The van der Waals surface area contributed by atoms with Gasteiger partial charge in [0.25, 0.3) is 5.91 Å². The lowest BCUT2D eigenvalue weighted by molar-refractivity contribution is -0.144. The van der Waals surface area contributed by atoms with Crippen LogP contribution in [0, 0.1) is 0 Å². The number of ether oxygens (including phenoxy) is 2. The van der Waals surface area contributed by atoms with E-state index < -0.39 is 17.4 Å². The molecule has 0 atom stereocenters. The van der Waals surface area contributed by atoms with E-state index >= 15 is 0 Å². The van der Waals surface area contributed by atoms with Gasteiger partial charge in [0.05, 0.1) is 14.2 Å². The summed E-state index contributed by atoms with van der Waals surface area (Å²) in [6, 6.07) is 3.10. The first-order valence-electron chi connectivity index (χ1n) is 6.91. The van der Waals surface area contributed by atoms with Crippen LogP contribution in [-0.2, 0) is 4.79 Å². The third kappa shape index (κ3) is 3.04. The molecule has 0 unspecified atom stereocenters. The highest BCUT2D eigenvalue weighted by atomic mass is 79.9. The predicted octanol–water partition coefficient (Wildman–Crippen LogP) is 2.59. The van der Waals surface area contributed by atoms with Crippen LogP contribution in [0.25, 0.3) is 0 Å². The van der Waals surface area contributed by atoms with Crippen molar-refractivity contribution >= 4 is 27.8 Å². The number of rotatable bonds is 5. The summed E-state index contributed by atoms with van der Waals surface area (Å²) in [6.07, 6.45) is 2.47. The van der Waals surface area contributed by atoms with E-state index in [9.17, 15) is 14.7 Å². The molecule has 1 saturated carbocycles. The fourth-order valence-corrected chi connectivity index (χ4v) is 3.21. The lowest BCUT2D eigenvalue weighted by Crippen LogP contribution is -2.52. The van der Waals surface area contributed by atoms with E-state index in [1.807, 2.05) is 0 Å². The monoisotopic (exact) mass is 371 g/mol. The van der Waals surface area contributed by atoms with Crippen LogP contribution in [0.2, 0.25) is 0 Å². The Kier molecular flexibility index (Phi) is 4.95. The molecule has 1 aliphatic rings. The van der Waals surface area contributed by atoms with Crippen molar-refractivity contribution in [1.82, 2.24) is 5.32 Å². The molecule has 0 bridgehead atoms. The van der Waals surface area contributed by atoms with Gasteiger partial charge in [0.2, 0.25) is 0 Å². The van der Waals surface area contributed by atoms with Crippen LogP contribution in [-0.4, -0.2) is 36.7 Å². The summed E-state index contributed by atoms with van der Waals surface area (Å²) in [5.41, 5.74) is -0.880. The maximum atomic E-state index is 12.5. The first-order chi connectivity index (χ1) is 10.4. The summed E-state index contributed by atoms with van der Waals surface area (Å²) in [4.78, 5) is 24.0. The van der Waals surface area contributed by atoms with Gasteiger partial charge in [0.15, 0.2) is 0 Å². The van der Waals surface area contributed by atoms with Crippen molar-refractivity contribution in [3.05, 3.63) is 22.2 Å². The fraction of sp³-hybridized carbons (Fsp3) is 0.467. The molecule has 2 rings (SSSR count). The topological polar surface area (TPSA) is 84.9 Å². The summed E-state index contributed by atoms with van der Waals surface area (Å²) < 4.78 is 11.0. The molecule has 2 N–H and O–H groups in total. The highest BCUT2D eigenvalue weighted by Gasteiger charge is 2.42. The van der Waals surface area contributed by atoms with Crippen LogP contribution in [0.3, 0.4) is 0 Å². The minimum atomic E-state index is -1.18. The number of methoxy groups -OCH3 is 2. The van der Waals surface area contributed by atoms with Gasteiger partial charge in [0.1, 0.15) is 21.5 Å².